The van der Waals surface area contributed by atoms with Gasteiger partial charge in [0.2, 0.25) is 5.91 Å². The Morgan fingerprint density at radius 3 is 2.27 bits per heavy atom. The van der Waals surface area contributed by atoms with E-state index in [1.165, 1.54) is 72.5 Å². The second-order valence-electron chi connectivity index (χ2n) is 8.62. The zero-order chi connectivity index (χ0) is 26.8. The molecule has 0 aromatic heterocycles. The Kier molecular flexibility index (Phi) is 7.26. The predicted octanol–water partition coefficient (Wildman–Crippen LogP) is 5.71. The van der Waals surface area contributed by atoms with Crippen LogP contribution in [0.5, 0.6) is 5.75 Å². The normalized spacial score (nSPS) is 13.6. The van der Waals surface area contributed by atoms with Crippen molar-refractivity contribution in [1.82, 2.24) is 0 Å². The third kappa shape index (κ3) is 6.67. The minimum atomic E-state index is -4.94. The number of halogens is 3. The van der Waals surface area contributed by atoms with Crippen molar-refractivity contribution in [3.8, 4) is 5.75 Å². The number of benzene rings is 3. The Bertz CT molecular complexity index is 1420. The van der Waals surface area contributed by atoms with Crippen molar-refractivity contribution in [3.63, 3.8) is 0 Å². The highest BCUT2D eigenvalue weighted by atomic mass is 32.2. The molecule has 1 aliphatic rings. The molecule has 0 saturated heterocycles. The molecule has 0 unspecified atom stereocenters. The maximum absolute atomic E-state index is 12.8. The van der Waals surface area contributed by atoms with Crippen LogP contribution in [0.1, 0.15) is 30.1 Å². The van der Waals surface area contributed by atoms with Gasteiger partial charge in [-0.15, -0.1) is 13.2 Å². The van der Waals surface area contributed by atoms with E-state index in [0.717, 1.165) is 18.9 Å². The number of rotatable bonds is 8. The van der Waals surface area contributed by atoms with Gasteiger partial charge in [0.25, 0.3) is 5.91 Å². The van der Waals surface area contributed by atoms with Crippen molar-refractivity contribution in [3.05, 3.63) is 78.4 Å². The summed E-state index contributed by atoms with van der Waals surface area (Å²) in [6, 6.07) is 17.0. The van der Waals surface area contributed by atoms with E-state index in [9.17, 15) is 31.2 Å². The average molecular weight is 533 g/mol. The van der Waals surface area contributed by atoms with E-state index in [2.05, 4.69) is 10.1 Å². The molecule has 3 aromatic carbocycles. The van der Waals surface area contributed by atoms with Crippen LogP contribution < -0.4 is 15.0 Å². The van der Waals surface area contributed by atoms with E-state index in [1.54, 1.807) is 6.07 Å². The summed E-state index contributed by atoms with van der Waals surface area (Å²) in [6.07, 6.45) is -3.13. The second-order valence-corrected chi connectivity index (χ2v) is 10.7. The number of hydrogen-bond acceptors (Lipinski definition) is 5. The van der Waals surface area contributed by atoms with E-state index in [1.807, 2.05) is 0 Å². The SMILES string of the molecule is CC(=O)N(c1ccc(S(=O)(=O)CC2CC2)cc1)c1cccc(C(=O)Nc2ccccc2OC(F)(F)F)c1. The standard InChI is InChI=1S/C26H23F3N2O5S/c1-17(32)31(20-11-13-22(14-12-20)37(34,35)16-18-9-10-18)21-6-4-5-19(15-21)25(33)30-23-7-2-3-8-24(23)36-26(27,28)29/h2-8,11-15,18H,9-10,16H2,1H3,(H,30,33). The highest BCUT2D eigenvalue weighted by molar-refractivity contribution is 7.91. The van der Waals surface area contributed by atoms with E-state index >= 15 is 0 Å². The first kappa shape index (κ1) is 26.2. The van der Waals surface area contributed by atoms with Crippen LogP contribution in [0.4, 0.5) is 30.2 Å². The number of ether oxygens (including phenoxy) is 1. The number of alkyl halides is 3. The highest BCUT2D eigenvalue weighted by Gasteiger charge is 2.32. The van der Waals surface area contributed by atoms with Gasteiger partial charge in [-0.25, -0.2) is 8.42 Å². The number of anilines is 3. The molecule has 1 aliphatic carbocycles. The number of sulfone groups is 1. The van der Waals surface area contributed by atoms with Crippen LogP contribution >= 0.6 is 0 Å². The molecule has 7 nitrogen and oxygen atoms in total. The molecular formula is C26H23F3N2O5S. The number of hydrogen-bond donors (Lipinski definition) is 1. The fraction of sp³-hybridized carbons (Fsp3) is 0.231. The zero-order valence-electron chi connectivity index (χ0n) is 19.7. The van der Waals surface area contributed by atoms with Gasteiger partial charge in [-0.05, 0) is 73.4 Å². The summed E-state index contributed by atoms with van der Waals surface area (Å²) in [5.41, 5.74) is 0.601. The van der Waals surface area contributed by atoms with Crippen LogP contribution in [0.2, 0.25) is 0 Å². The molecule has 0 atom stereocenters. The van der Waals surface area contributed by atoms with Crippen LogP contribution in [0.15, 0.2) is 77.7 Å². The predicted molar refractivity (Wildman–Crippen MR) is 132 cm³/mol. The number of carbonyl (C=O) groups excluding carboxylic acids is 2. The first-order valence-corrected chi connectivity index (χ1v) is 13.0. The van der Waals surface area contributed by atoms with Crippen molar-refractivity contribution < 1.29 is 35.9 Å². The number of nitrogens with zero attached hydrogens (tertiary/aromatic N) is 1. The Labute approximate surface area is 211 Å². The Hall–Kier alpha value is -3.86. The Balaban J connectivity index is 1.57. The van der Waals surface area contributed by atoms with Gasteiger partial charge in [-0.2, -0.15) is 0 Å². The molecule has 11 heteroatoms. The average Bonchev–Trinajstić information content (AvgIpc) is 3.63. The van der Waals surface area contributed by atoms with Crippen LogP contribution in [0, 0.1) is 5.92 Å². The van der Waals surface area contributed by atoms with Crippen molar-refractivity contribution in [2.75, 3.05) is 16.0 Å². The van der Waals surface area contributed by atoms with E-state index in [0.29, 0.717) is 11.4 Å². The molecule has 0 radical (unpaired) electrons. The largest absolute Gasteiger partial charge is 0.573 e. The van der Waals surface area contributed by atoms with Gasteiger partial charge in [0.05, 0.1) is 16.3 Å². The van der Waals surface area contributed by atoms with Gasteiger partial charge in [-0.1, -0.05) is 18.2 Å². The van der Waals surface area contributed by atoms with Gasteiger partial charge in [-0.3, -0.25) is 14.5 Å². The van der Waals surface area contributed by atoms with Gasteiger partial charge in [0.15, 0.2) is 15.6 Å². The lowest BCUT2D eigenvalue weighted by molar-refractivity contribution is -0.274. The fourth-order valence-electron chi connectivity index (χ4n) is 3.77. The lowest BCUT2D eigenvalue weighted by Gasteiger charge is -2.22. The minimum Gasteiger partial charge on any atom is -0.404 e. The van der Waals surface area contributed by atoms with Gasteiger partial charge in [0, 0.05) is 23.9 Å². The summed E-state index contributed by atoms with van der Waals surface area (Å²) in [6.45, 7) is 1.31. The topological polar surface area (TPSA) is 92.8 Å². The van der Waals surface area contributed by atoms with Crippen molar-refractivity contribution in [2.24, 2.45) is 5.92 Å². The molecular weight excluding hydrogens is 509 g/mol. The molecule has 0 bridgehead atoms. The maximum Gasteiger partial charge on any atom is 0.573 e. The lowest BCUT2D eigenvalue weighted by Crippen LogP contribution is -2.23. The second kappa shape index (κ2) is 10.3. The van der Waals surface area contributed by atoms with Crippen LogP contribution in [-0.4, -0.2) is 32.3 Å². The summed E-state index contributed by atoms with van der Waals surface area (Å²) in [5, 5.41) is 2.40. The molecule has 0 spiro atoms. The van der Waals surface area contributed by atoms with Crippen LogP contribution in [0.25, 0.3) is 0 Å². The van der Waals surface area contributed by atoms with E-state index < -0.39 is 33.8 Å². The first-order chi connectivity index (χ1) is 17.4. The summed E-state index contributed by atoms with van der Waals surface area (Å²) in [7, 11) is -3.42. The van der Waals surface area contributed by atoms with E-state index in [4.69, 9.17) is 0 Å². The molecule has 1 N–H and O–H groups in total. The fourth-order valence-corrected chi connectivity index (χ4v) is 5.47. The van der Waals surface area contributed by atoms with Gasteiger partial charge >= 0.3 is 6.36 Å². The van der Waals surface area contributed by atoms with E-state index in [-0.39, 0.29) is 27.8 Å². The molecule has 1 fully saturated rings. The summed E-state index contributed by atoms with van der Waals surface area (Å²) in [5.74, 6) is -1.39. The molecule has 37 heavy (non-hydrogen) atoms. The number of para-hydroxylation sites is 2. The monoisotopic (exact) mass is 532 g/mol. The highest BCUT2D eigenvalue weighted by Crippen LogP contribution is 2.34. The number of nitrogens with one attached hydrogen (secondary N) is 1. The Morgan fingerprint density at radius 1 is 0.973 bits per heavy atom. The maximum atomic E-state index is 12.8. The van der Waals surface area contributed by atoms with Crippen molar-refractivity contribution in [2.45, 2.75) is 31.0 Å². The molecule has 4 rings (SSSR count). The zero-order valence-corrected chi connectivity index (χ0v) is 20.5. The smallest absolute Gasteiger partial charge is 0.404 e. The molecule has 1 saturated carbocycles. The number of amides is 2. The van der Waals surface area contributed by atoms with Gasteiger partial charge in [0.1, 0.15) is 0 Å². The molecule has 2 amide bonds. The van der Waals surface area contributed by atoms with Crippen LogP contribution in [0.3, 0.4) is 0 Å². The number of carbonyl (C=O) groups is 2. The summed E-state index contributed by atoms with van der Waals surface area (Å²) >= 11 is 0. The van der Waals surface area contributed by atoms with Crippen LogP contribution in [-0.2, 0) is 14.6 Å². The summed E-state index contributed by atoms with van der Waals surface area (Å²) in [4.78, 5) is 26.8. The minimum absolute atomic E-state index is 0.0780. The third-order valence-corrected chi connectivity index (χ3v) is 7.55. The van der Waals surface area contributed by atoms with Gasteiger partial charge < -0.3 is 10.1 Å². The molecule has 194 valence electrons. The first-order valence-electron chi connectivity index (χ1n) is 11.3. The molecule has 3 aromatic rings. The van der Waals surface area contributed by atoms with Crippen molar-refractivity contribution in [1.29, 1.82) is 0 Å². The molecule has 0 aliphatic heterocycles. The summed E-state index contributed by atoms with van der Waals surface area (Å²) < 4.78 is 67.2. The quantitative estimate of drug-likeness (QED) is 0.402. The molecule has 0 heterocycles. The third-order valence-electron chi connectivity index (χ3n) is 5.65. The van der Waals surface area contributed by atoms with Crippen molar-refractivity contribution >= 4 is 38.7 Å². The lowest BCUT2D eigenvalue weighted by atomic mass is 10.1. The Morgan fingerprint density at radius 2 is 1.65 bits per heavy atom.